The van der Waals surface area contributed by atoms with Crippen LogP contribution in [0.1, 0.15) is 42.5 Å². The van der Waals surface area contributed by atoms with Crippen LogP contribution in [0.25, 0.3) is 0 Å². The zero-order chi connectivity index (χ0) is 25.2. The van der Waals surface area contributed by atoms with Crippen molar-refractivity contribution in [3.8, 4) is 0 Å². The maximum atomic E-state index is 14.6. The molecule has 3 rings (SSSR count). The highest BCUT2D eigenvalue weighted by Gasteiger charge is 2.30. The normalized spacial score (nSPS) is 11.8. The zero-order valence-corrected chi connectivity index (χ0v) is 20.8. The van der Waals surface area contributed by atoms with Crippen molar-refractivity contribution in [3.63, 3.8) is 0 Å². The Kier molecular flexibility index (Phi) is 9.59. The Morgan fingerprint density at radius 1 is 0.886 bits per heavy atom. The second-order valence-corrected chi connectivity index (χ2v) is 9.44. The minimum Gasteiger partial charge on any atom is -0.354 e. The molecule has 35 heavy (non-hydrogen) atoms. The summed E-state index contributed by atoms with van der Waals surface area (Å²) in [6.45, 7) is 6.61. The Bertz CT molecular complexity index is 1100. The first-order valence-electron chi connectivity index (χ1n) is 12.2. The number of halogens is 1. The van der Waals surface area contributed by atoms with E-state index in [0.717, 1.165) is 16.7 Å². The average Bonchev–Trinajstić information content (AvgIpc) is 2.85. The van der Waals surface area contributed by atoms with Gasteiger partial charge in [-0.1, -0.05) is 92.2 Å². The Morgan fingerprint density at radius 3 is 2.20 bits per heavy atom. The predicted molar refractivity (Wildman–Crippen MR) is 138 cm³/mol. The van der Waals surface area contributed by atoms with Crippen molar-refractivity contribution >= 4 is 11.8 Å². The van der Waals surface area contributed by atoms with E-state index in [2.05, 4.69) is 5.32 Å². The van der Waals surface area contributed by atoms with Gasteiger partial charge in [-0.3, -0.25) is 9.59 Å². The summed E-state index contributed by atoms with van der Waals surface area (Å²) in [5, 5.41) is 2.99. The molecule has 0 aromatic heterocycles. The maximum absolute atomic E-state index is 14.6. The smallest absolute Gasteiger partial charge is 0.243 e. The number of nitrogens with zero attached hydrogens (tertiary/aromatic N) is 1. The van der Waals surface area contributed by atoms with Crippen molar-refractivity contribution in [2.75, 3.05) is 6.54 Å². The standard InChI is InChI=1S/C30H35FN2O2/c1-22(2)20-32-30(35)28(19-25-9-5-4-6-10-25)33(21-26-11-7-8-12-27(26)31)29(34)18-17-24-15-13-23(3)14-16-24/h4-16,22,28H,17-21H2,1-3H3,(H,32,35)/t28-/m1/s1. The maximum Gasteiger partial charge on any atom is 0.243 e. The molecule has 4 nitrogen and oxygen atoms in total. The molecule has 2 amide bonds. The first kappa shape index (κ1) is 26.1. The van der Waals surface area contributed by atoms with E-state index in [9.17, 15) is 14.0 Å². The molecule has 0 aliphatic rings. The molecular formula is C30H35FN2O2. The molecule has 1 atom stereocenters. The predicted octanol–water partition coefficient (Wildman–Crippen LogP) is 5.48. The van der Waals surface area contributed by atoms with E-state index in [0.29, 0.717) is 24.9 Å². The number of aryl methyl sites for hydroxylation is 2. The quantitative estimate of drug-likeness (QED) is 0.400. The van der Waals surface area contributed by atoms with Crippen LogP contribution in [0.15, 0.2) is 78.9 Å². The van der Waals surface area contributed by atoms with Crippen LogP contribution in [0, 0.1) is 18.7 Å². The van der Waals surface area contributed by atoms with Gasteiger partial charge >= 0.3 is 0 Å². The van der Waals surface area contributed by atoms with Crippen molar-refractivity contribution in [1.82, 2.24) is 10.2 Å². The molecule has 0 aliphatic heterocycles. The van der Waals surface area contributed by atoms with Crippen molar-refractivity contribution < 1.29 is 14.0 Å². The Hall–Kier alpha value is -3.47. The van der Waals surface area contributed by atoms with E-state index in [1.54, 1.807) is 23.1 Å². The lowest BCUT2D eigenvalue weighted by atomic mass is 10.0. The molecular weight excluding hydrogens is 439 g/mol. The molecule has 0 saturated heterocycles. The van der Waals surface area contributed by atoms with Gasteiger partial charge in [-0.25, -0.2) is 4.39 Å². The molecule has 0 radical (unpaired) electrons. The molecule has 0 unspecified atom stereocenters. The third-order valence-electron chi connectivity index (χ3n) is 6.00. The largest absolute Gasteiger partial charge is 0.354 e. The fourth-order valence-electron chi connectivity index (χ4n) is 3.94. The molecule has 0 aliphatic carbocycles. The first-order chi connectivity index (χ1) is 16.8. The van der Waals surface area contributed by atoms with E-state index in [-0.39, 0.29) is 36.5 Å². The number of amides is 2. The summed E-state index contributed by atoms with van der Waals surface area (Å²) in [5.74, 6) is -0.504. The van der Waals surface area contributed by atoms with Gasteiger partial charge in [0, 0.05) is 31.5 Å². The van der Waals surface area contributed by atoms with Crippen LogP contribution in [0.4, 0.5) is 4.39 Å². The van der Waals surface area contributed by atoms with Crippen molar-refractivity contribution in [1.29, 1.82) is 0 Å². The SMILES string of the molecule is Cc1ccc(CCC(=O)N(Cc2ccccc2F)[C@H](Cc2ccccc2)C(=O)NCC(C)C)cc1. The molecule has 184 valence electrons. The Balaban J connectivity index is 1.90. The van der Waals surface area contributed by atoms with Gasteiger partial charge in [0.2, 0.25) is 11.8 Å². The van der Waals surface area contributed by atoms with Gasteiger partial charge in [-0.2, -0.15) is 0 Å². The van der Waals surface area contributed by atoms with Crippen LogP contribution >= 0.6 is 0 Å². The number of hydrogen-bond acceptors (Lipinski definition) is 2. The second kappa shape index (κ2) is 12.8. The van der Waals surface area contributed by atoms with Crippen molar-refractivity contribution in [3.05, 3.63) is 107 Å². The average molecular weight is 475 g/mol. The van der Waals surface area contributed by atoms with Crippen LogP contribution in [-0.4, -0.2) is 29.3 Å². The lowest BCUT2D eigenvalue weighted by Gasteiger charge is -2.32. The summed E-state index contributed by atoms with van der Waals surface area (Å²) in [7, 11) is 0. The van der Waals surface area contributed by atoms with Crippen LogP contribution in [0.5, 0.6) is 0 Å². The molecule has 0 heterocycles. The highest BCUT2D eigenvalue weighted by atomic mass is 19.1. The highest BCUT2D eigenvalue weighted by Crippen LogP contribution is 2.19. The van der Waals surface area contributed by atoms with E-state index in [1.165, 1.54) is 6.07 Å². The van der Waals surface area contributed by atoms with E-state index in [4.69, 9.17) is 0 Å². The van der Waals surface area contributed by atoms with Gasteiger partial charge in [-0.15, -0.1) is 0 Å². The van der Waals surface area contributed by atoms with Crippen molar-refractivity contribution in [2.24, 2.45) is 5.92 Å². The van der Waals surface area contributed by atoms with Crippen LogP contribution < -0.4 is 5.32 Å². The number of carbonyl (C=O) groups is 2. The minimum atomic E-state index is -0.749. The van der Waals surface area contributed by atoms with Crippen LogP contribution in [0.3, 0.4) is 0 Å². The lowest BCUT2D eigenvalue weighted by Crippen LogP contribution is -2.51. The molecule has 0 bridgehead atoms. The minimum absolute atomic E-state index is 0.0337. The van der Waals surface area contributed by atoms with Gasteiger partial charge in [0.05, 0.1) is 0 Å². The molecule has 1 N–H and O–H groups in total. The first-order valence-corrected chi connectivity index (χ1v) is 12.2. The topological polar surface area (TPSA) is 49.4 Å². The van der Waals surface area contributed by atoms with Gasteiger partial charge in [0.15, 0.2) is 0 Å². The summed E-state index contributed by atoms with van der Waals surface area (Å²) in [6, 6.07) is 23.4. The van der Waals surface area contributed by atoms with E-state index >= 15 is 0 Å². The fraction of sp³-hybridized carbons (Fsp3) is 0.333. The molecule has 0 saturated carbocycles. The van der Waals surface area contributed by atoms with Gasteiger partial charge in [0.25, 0.3) is 0 Å². The third-order valence-corrected chi connectivity index (χ3v) is 6.00. The van der Waals surface area contributed by atoms with Crippen LogP contribution in [-0.2, 0) is 29.0 Å². The van der Waals surface area contributed by atoms with Gasteiger partial charge < -0.3 is 10.2 Å². The summed E-state index contributed by atoms with van der Waals surface area (Å²) in [4.78, 5) is 28.5. The number of rotatable bonds is 11. The number of hydrogen-bond donors (Lipinski definition) is 1. The molecule has 0 fully saturated rings. The zero-order valence-electron chi connectivity index (χ0n) is 20.8. The molecule has 3 aromatic carbocycles. The van der Waals surface area contributed by atoms with Crippen molar-refractivity contribution in [2.45, 2.75) is 52.6 Å². The number of benzene rings is 3. The summed E-state index contributed by atoms with van der Waals surface area (Å²) < 4.78 is 14.6. The van der Waals surface area contributed by atoms with Gasteiger partial charge in [0.1, 0.15) is 11.9 Å². The Morgan fingerprint density at radius 2 is 1.54 bits per heavy atom. The monoisotopic (exact) mass is 474 g/mol. The summed E-state index contributed by atoms with van der Waals surface area (Å²) in [6.07, 6.45) is 1.15. The Labute approximate surface area is 208 Å². The fourth-order valence-corrected chi connectivity index (χ4v) is 3.94. The summed E-state index contributed by atoms with van der Waals surface area (Å²) >= 11 is 0. The molecule has 3 aromatic rings. The van der Waals surface area contributed by atoms with E-state index < -0.39 is 6.04 Å². The summed E-state index contributed by atoms with van der Waals surface area (Å²) in [5.41, 5.74) is 3.55. The van der Waals surface area contributed by atoms with Crippen LogP contribution in [0.2, 0.25) is 0 Å². The second-order valence-electron chi connectivity index (χ2n) is 9.44. The molecule has 5 heteroatoms. The number of carbonyl (C=O) groups excluding carboxylic acids is 2. The molecule has 0 spiro atoms. The van der Waals surface area contributed by atoms with Gasteiger partial charge in [-0.05, 0) is 36.5 Å². The third kappa shape index (κ3) is 8.06. The highest BCUT2D eigenvalue weighted by molar-refractivity contribution is 5.88. The number of nitrogens with one attached hydrogen (secondary N) is 1. The van der Waals surface area contributed by atoms with E-state index in [1.807, 2.05) is 75.4 Å². The lowest BCUT2D eigenvalue weighted by molar-refractivity contribution is -0.141.